The largest absolute Gasteiger partial charge is 0.481 e. The maximum atomic E-state index is 13.1. The fourth-order valence-corrected chi connectivity index (χ4v) is 2.73. The van der Waals surface area contributed by atoms with Crippen molar-refractivity contribution in [2.24, 2.45) is 0 Å². The SMILES string of the molecule is CC(Oc1cccc(F)c1)C(=O)N(C)C1CCCCC1. The zero-order valence-corrected chi connectivity index (χ0v) is 12.1. The second-order valence-electron chi connectivity index (χ2n) is 5.46. The van der Waals surface area contributed by atoms with E-state index in [0.29, 0.717) is 11.8 Å². The Morgan fingerprint density at radius 1 is 1.35 bits per heavy atom. The molecule has 2 rings (SSSR count). The lowest BCUT2D eigenvalue weighted by molar-refractivity contribution is -0.139. The van der Waals surface area contributed by atoms with Crippen LogP contribution in [0.1, 0.15) is 39.0 Å². The first-order valence-corrected chi connectivity index (χ1v) is 7.27. The Balaban J connectivity index is 1.93. The van der Waals surface area contributed by atoms with Crippen molar-refractivity contribution in [3.05, 3.63) is 30.1 Å². The van der Waals surface area contributed by atoms with Gasteiger partial charge in [-0.15, -0.1) is 0 Å². The second-order valence-corrected chi connectivity index (χ2v) is 5.46. The molecular weight excluding hydrogens is 257 g/mol. The van der Waals surface area contributed by atoms with Gasteiger partial charge in [0.2, 0.25) is 0 Å². The third-order valence-corrected chi connectivity index (χ3v) is 3.93. The van der Waals surface area contributed by atoms with Crippen molar-refractivity contribution in [1.82, 2.24) is 4.90 Å². The zero-order valence-electron chi connectivity index (χ0n) is 12.1. The number of halogens is 1. The molecule has 1 fully saturated rings. The minimum Gasteiger partial charge on any atom is -0.481 e. The summed E-state index contributed by atoms with van der Waals surface area (Å²) in [6.07, 6.45) is 5.16. The molecule has 0 aromatic heterocycles. The number of carbonyl (C=O) groups is 1. The van der Waals surface area contributed by atoms with Crippen molar-refractivity contribution in [3.8, 4) is 5.75 Å². The number of benzene rings is 1. The van der Waals surface area contributed by atoms with Crippen molar-refractivity contribution in [2.45, 2.75) is 51.2 Å². The summed E-state index contributed by atoms with van der Waals surface area (Å²) in [7, 11) is 1.84. The number of amides is 1. The number of ether oxygens (including phenoxy) is 1. The average Bonchev–Trinajstić information content (AvgIpc) is 2.46. The van der Waals surface area contributed by atoms with Gasteiger partial charge >= 0.3 is 0 Å². The molecule has 1 aromatic rings. The molecule has 3 nitrogen and oxygen atoms in total. The number of hydrogen-bond acceptors (Lipinski definition) is 2. The van der Waals surface area contributed by atoms with Gasteiger partial charge in [0.25, 0.3) is 5.91 Å². The third-order valence-electron chi connectivity index (χ3n) is 3.93. The Morgan fingerprint density at radius 3 is 2.70 bits per heavy atom. The first-order chi connectivity index (χ1) is 9.58. The minimum absolute atomic E-state index is 0.0406. The van der Waals surface area contributed by atoms with Crippen LogP contribution in [0.3, 0.4) is 0 Å². The Bertz CT molecular complexity index is 458. The molecule has 1 amide bonds. The van der Waals surface area contributed by atoms with Gasteiger partial charge in [0.05, 0.1) is 0 Å². The molecule has 1 saturated carbocycles. The first-order valence-electron chi connectivity index (χ1n) is 7.27. The van der Waals surface area contributed by atoms with Gasteiger partial charge in [0, 0.05) is 19.2 Å². The van der Waals surface area contributed by atoms with Crippen LogP contribution < -0.4 is 4.74 Å². The van der Waals surface area contributed by atoms with E-state index in [-0.39, 0.29) is 11.7 Å². The van der Waals surface area contributed by atoms with E-state index in [4.69, 9.17) is 4.74 Å². The van der Waals surface area contributed by atoms with Gasteiger partial charge < -0.3 is 9.64 Å². The molecule has 110 valence electrons. The van der Waals surface area contributed by atoms with E-state index >= 15 is 0 Å². The van der Waals surface area contributed by atoms with Gasteiger partial charge in [-0.2, -0.15) is 0 Å². The smallest absolute Gasteiger partial charge is 0.263 e. The molecule has 0 heterocycles. The number of carbonyl (C=O) groups excluding carboxylic acids is 1. The highest BCUT2D eigenvalue weighted by Gasteiger charge is 2.26. The highest BCUT2D eigenvalue weighted by atomic mass is 19.1. The van der Waals surface area contributed by atoms with Gasteiger partial charge in [-0.05, 0) is 31.9 Å². The number of nitrogens with zero attached hydrogens (tertiary/aromatic N) is 1. The van der Waals surface area contributed by atoms with Crippen LogP contribution in [-0.2, 0) is 4.79 Å². The highest BCUT2D eigenvalue weighted by molar-refractivity contribution is 5.81. The van der Waals surface area contributed by atoms with E-state index in [9.17, 15) is 9.18 Å². The van der Waals surface area contributed by atoms with Gasteiger partial charge in [0.15, 0.2) is 6.10 Å². The average molecular weight is 279 g/mol. The van der Waals surface area contributed by atoms with Crippen molar-refractivity contribution in [1.29, 1.82) is 0 Å². The Morgan fingerprint density at radius 2 is 2.05 bits per heavy atom. The predicted octanol–water partition coefficient (Wildman–Crippen LogP) is 3.38. The molecule has 20 heavy (non-hydrogen) atoms. The summed E-state index contributed by atoms with van der Waals surface area (Å²) in [6, 6.07) is 6.20. The van der Waals surface area contributed by atoms with Crippen molar-refractivity contribution in [3.63, 3.8) is 0 Å². The van der Waals surface area contributed by atoms with Gasteiger partial charge in [-0.25, -0.2) is 4.39 Å². The van der Waals surface area contributed by atoms with Crippen molar-refractivity contribution < 1.29 is 13.9 Å². The minimum atomic E-state index is -0.594. The molecule has 1 aliphatic rings. The molecule has 1 aliphatic carbocycles. The lowest BCUT2D eigenvalue weighted by Crippen LogP contribution is -2.44. The van der Waals surface area contributed by atoms with Crippen LogP contribution in [0.25, 0.3) is 0 Å². The summed E-state index contributed by atoms with van der Waals surface area (Å²) >= 11 is 0. The molecule has 0 spiro atoms. The van der Waals surface area contributed by atoms with E-state index in [0.717, 1.165) is 12.8 Å². The van der Waals surface area contributed by atoms with E-state index < -0.39 is 6.10 Å². The topological polar surface area (TPSA) is 29.5 Å². The molecule has 0 saturated heterocycles. The molecule has 0 bridgehead atoms. The van der Waals surface area contributed by atoms with Crippen LogP contribution in [0.5, 0.6) is 5.75 Å². The fraction of sp³-hybridized carbons (Fsp3) is 0.562. The van der Waals surface area contributed by atoms with Crippen LogP contribution >= 0.6 is 0 Å². The highest BCUT2D eigenvalue weighted by Crippen LogP contribution is 2.23. The quantitative estimate of drug-likeness (QED) is 0.845. The second kappa shape index (κ2) is 6.73. The molecule has 1 unspecified atom stereocenters. The van der Waals surface area contributed by atoms with E-state index in [1.807, 2.05) is 7.05 Å². The van der Waals surface area contributed by atoms with Crippen LogP contribution in [0, 0.1) is 5.82 Å². The van der Waals surface area contributed by atoms with E-state index in [1.54, 1.807) is 24.0 Å². The first kappa shape index (κ1) is 14.8. The maximum absolute atomic E-state index is 13.1. The summed E-state index contributed by atoms with van der Waals surface area (Å²) < 4.78 is 18.6. The molecule has 1 atom stereocenters. The molecule has 4 heteroatoms. The van der Waals surface area contributed by atoms with Crippen molar-refractivity contribution in [2.75, 3.05) is 7.05 Å². The lowest BCUT2D eigenvalue weighted by Gasteiger charge is -2.32. The molecule has 0 radical (unpaired) electrons. The number of likely N-dealkylation sites (N-methyl/N-ethyl adjacent to an activating group) is 1. The normalized spacial score (nSPS) is 17.6. The third kappa shape index (κ3) is 3.71. The van der Waals surface area contributed by atoms with Crippen LogP contribution in [0.2, 0.25) is 0 Å². The summed E-state index contributed by atoms with van der Waals surface area (Å²) in [5, 5.41) is 0. The van der Waals surface area contributed by atoms with Crippen LogP contribution in [0.15, 0.2) is 24.3 Å². The van der Waals surface area contributed by atoms with Crippen LogP contribution in [0.4, 0.5) is 4.39 Å². The van der Waals surface area contributed by atoms with Gasteiger partial charge in [-0.3, -0.25) is 4.79 Å². The maximum Gasteiger partial charge on any atom is 0.263 e. The summed E-state index contributed by atoms with van der Waals surface area (Å²) in [6.45, 7) is 1.71. The molecular formula is C16H22FNO2. The molecule has 0 aliphatic heterocycles. The molecule has 1 aromatic carbocycles. The standard InChI is InChI=1S/C16H22FNO2/c1-12(20-15-10-6-7-13(17)11-15)16(19)18(2)14-8-4-3-5-9-14/h6-7,10-12,14H,3-5,8-9H2,1-2H3. The van der Waals surface area contributed by atoms with E-state index in [2.05, 4.69) is 0 Å². The van der Waals surface area contributed by atoms with E-state index in [1.165, 1.54) is 31.4 Å². The van der Waals surface area contributed by atoms with Gasteiger partial charge in [-0.1, -0.05) is 25.3 Å². The summed E-state index contributed by atoms with van der Waals surface area (Å²) in [4.78, 5) is 14.1. The lowest BCUT2D eigenvalue weighted by atomic mass is 9.94. The number of rotatable bonds is 4. The summed E-state index contributed by atoms with van der Waals surface area (Å²) in [5.41, 5.74) is 0. The predicted molar refractivity (Wildman–Crippen MR) is 76.1 cm³/mol. The fourth-order valence-electron chi connectivity index (χ4n) is 2.73. The molecule has 0 N–H and O–H groups in total. The monoisotopic (exact) mass is 279 g/mol. The Labute approximate surface area is 119 Å². The van der Waals surface area contributed by atoms with Gasteiger partial charge in [0.1, 0.15) is 11.6 Å². The number of hydrogen-bond donors (Lipinski definition) is 0. The Hall–Kier alpha value is -1.58. The zero-order chi connectivity index (χ0) is 14.5. The van der Waals surface area contributed by atoms with Crippen molar-refractivity contribution >= 4 is 5.91 Å². The van der Waals surface area contributed by atoms with Crippen LogP contribution in [-0.4, -0.2) is 30.0 Å². The summed E-state index contributed by atoms with van der Waals surface area (Å²) in [5.74, 6) is -0.00756. The Kier molecular flexibility index (Phi) is 4.99.